The summed E-state index contributed by atoms with van der Waals surface area (Å²) in [5.74, 6) is 2.12. The molecule has 0 unspecified atom stereocenters. The largest absolute Gasteiger partial charge is 0.496 e. The Morgan fingerprint density at radius 1 is 0.905 bits per heavy atom. The average molecular weight is 399 g/mol. The molecule has 5 heteroatoms. The molecule has 0 aliphatic carbocycles. The molecule has 0 atom stereocenters. The lowest BCUT2D eigenvalue weighted by Gasteiger charge is -2.15. The van der Waals surface area contributed by atoms with Crippen molar-refractivity contribution in [3.63, 3.8) is 0 Å². The Hall–Kier alpha value is -1.63. The average Bonchev–Trinajstić information content (AvgIpc) is 2.53. The van der Waals surface area contributed by atoms with Crippen molar-refractivity contribution < 1.29 is 14.2 Å². The van der Waals surface area contributed by atoms with E-state index in [4.69, 9.17) is 14.2 Å². The van der Waals surface area contributed by atoms with Gasteiger partial charge in [-0.2, -0.15) is 0 Å². The summed E-state index contributed by atoms with van der Waals surface area (Å²) >= 11 is 2.31. The van der Waals surface area contributed by atoms with Crippen LogP contribution in [0.3, 0.4) is 0 Å². The molecule has 0 heterocycles. The molecule has 0 fully saturated rings. The highest BCUT2D eigenvalue weighted by atomic mass is 127. The molecule has 2 aromatic carbocycles. The van der Waals surface area contributed by atoms with Crippen LogP contribution in [0.1, 0.15) is 5.56 Å². The van der Waals surface area contributed by atoms with Crippen molar-refractivity contribution in [3.8, 4) is 17.2 Å². The van der Waals surface area contributed by atoms with Crippen LogP contribution >= 0.6 is 22.6 Å². The van der Waals surface area contributed by atoms with Gasteiger partial charge in [0.1, 0.15) is 5.75 Å². The van der Waals surface area contributed by atoms with Gasteiger partial charge in [0.25, 0.3) is 0 Å². The number of hydrogen-bond donors (Lipinski definition) is 1. The predicted molar refractivity (Wildman–Crippen MR) is 92.6 cm³/mol. The Morgan fingerprint density at radius 2 is 1.52 bits per heavy atom. The number of methoxy groups -OCH3 is 3. The Kier molecular flexibility index (Phi) is 5.55. The standard InChI is InChI=1S/C16H18INO3/c1-19-14-9-16(21-3)15(20-2)8-11(14)10-18-13-7-5-4-6-12(13)17/h4-9,18H,10H2,1-3H3. The lowest BCUT2D eigenvalue weighted by molar-refractivity contribution is 0.347. The lowest BCUT2D eigenvalue weighted by Crippen LogP contribution is -2.04. The minimum atomic E-state index is 0.642. The van der Waals surface area contributed by atoms with Crippen LogP contribution in [0.15, 0.2) is 36.4 Å². The molecule has 0 bridgehead atoms. The fourth-order valence-electron chi connectivity index (χ4n) is 2.03. The summed E-state index contributed by atoms with van der Waals surface area (Å²) in [6, 6.07) is 11.9. The van der Waals surface area contributed by atoms with Gasteiger partial charge in [0.05, 0.1) is 21.3 Å². The first kappa shape index (κ1) is 15.8. The Morgan fingerprint density at radius 3 is 2.14 bits per heavy atom. The summed E-state index contributed by atoms with van der Waals surface area (Å²) in [6.07, 6.45) is 0. The summed E-state index contributed by atoms with van der Waals surface area (Å²) in [7, 11) is 4.89. The maximum Gasteiger partial charge on any atom is 0.164 e. The Bertz CT molecular complexity index is 616. The van der Waals surface area contributed by atoms with Crippen molar-refractivity contribution in [1.82, 2.24) is 0 Å². The first-order valence-corrected chi connectivity index (χ1v) is 7.54. The number of anilines is 1. The molecule has 2 aromatic rings. The van der Waals surface area contributed by atoms with Gasteiger partial charge in [0.2, 0.25) is 0 Å². The second-order valence-corrected chi connectivity index (χ2v) is 5.51. The van der Waals surface area contributed by atoms with Gasteiger partial charge in [-0.3, -0.25) is 0 Å². The number of para-hydroxylation sites is 1. The summed E-state index contributed by atoms with van der Waals surface area (Å²) in [6.45, 7) is 0.642. The molecule has 112 valence electrons. The molecule has 0 radical (unpaired) electrons. The number of rotatable bonds is 6. The summed E-state index contributed by atoms with van der Waals surface area (Å²) < 4.78 is 17.2. The SMILES string of the molecule is COc1cc(OC)c(OC)cc1CNc1ccccc1I. The van der Waals surface area contributed by atoms with Crippen molar-refractivity contribution in [3.05, 3.63) is 45.5 Å². The smallest absolute Gasteiger partial charge is 0.164 e. The van der Waals surface area contributed by atoms with Crippen molar-refractivity contribution in [2.45, 2.75) is 6.54 Å². The van der Waals surface area contributed by atoms with Gasteiger partial charge in [0, 0.05) is 27.4 Å². The first-order chi connectivity index (χ1) is 10.2. The van der Waals surface area contributed by atoms with Crippen LogP contribution in [0.4, 0.5) is 5.69 Å². The normalized spacial score (nSPS) is 10.1. The zero-order chi connectivity index (χ0) is 15.2. The van der Waals surface area contributed by atoms with Crippen molar-refractivity contribution in [1.29, 1.82) is 0 Å². The fourth-order valence-corrected chi connectivity index (χ4v) is 2.60. The number of nitrogens with one attached hydrogen (secondary N) is 1. The topological polar surface area (TPSA) is 39.7 Å². The minimum Gasteiger partial charge on any atom is -0.496 e. The van der Waals surface area contributed by atoms with E-state index in [0.717, 1.165) is 17.0 Å². The van der Waals surface area contributed by atoms with E-state index in [1.807, 2.05) is 24.3 Å². The zero-order valence-electron chi connectivity index (χ0n) is 12.3. The van der Waals surface area contributed by atoms with E-state index in [2.05, 4.69) is 40.0 Å². The van der Waals surface area contributed by atoms with E-state index in [-0.39, 0.29) is 0 Å². The molecular formula is C16H18INO3. The maximum atomic E-state index is 5.43. The van der Waals surface area contributed by atoms with Crippen LogP contribution in [0, 0.1) is 3.57 Å². The van der Waals surface area contributed by atoms with Gasteiger partial charge in [0.15, 0.2) is 11.5 Å². The van der Waals surface area contributed by atoms with Crippen LogP contribution in [0.2, 0.25) is 0 Å². The van der Waals surface area contributed by atoms with Crippen LogP contribution in [-0.2, 0) is 6.54 Å². The molecule has 2 rings (SSSR count). The van der Waals surface area contributed by atoms with Crippen molar-refractivity contribution in [2.75, 3.05) is 26.6 Å². The van der Waals surface area contributed by atoms with E-state index < -0.39 is 0 Å². The van der Waals surface area contributed by atoms with Gasteiger partial charge in [-0.1, -0.05) is 12.1 Å². The molecule has 21 heavy (non-hydrogen) atoms. The van der Waals surface area contributed by atoms with Gasteiger partial charge in [-0.25, -0.2) is 0 Å². The maximum absolute atomic E-state index is 5.43. The third kappa shape index (κ3) is 3.72. The molecule has 4 nitrogen and oxygen atoms in total. The Balaban J connectivity index is 2.25. The molecule has 0 aliphatic heterocycles. The zero-order valence-corrected chi connectivity index (χ0v) is 14.4. The van der Waals surface area contributed by atoms with E-state index >= 15 is 0 Å². The van der Waals surface area contributed by atoms with Gasteiger partial charge in [-0.15, -0.1) is 0 Å². The van der Waals surface area contributed by atoms with Gasteiger partial charge < -0.3 is 19.5 Å². The number of halogens is 1. The molecule has 1 N–H and O–H groups in total. The van der Waals surface area contributed by atoms with Gasteiger partial charge >= 0.3 is 0 Å². The quantitative estimate of drug-likeness (QED) is 0.748. The van der Waals surface area contributed by atoms with Crippen molar-refractivity contribution in [2.24, 2.45) is 0 Å². The van der Waals surface area contributed by atoms with E-state index in [1.54, 1.807) is 21.3 Å². The monoisotopic (exact) mass is 399 g/mol. The molecule has 0 amide bonds. The number of benzene rings is 2. The second-order valence-electron chi connectivity index (χ2n) is 4.35. The molecule has 0 saturated heterocycles. The predicted octanol–water partition coefficient (Wildman–Crippen LogP) is 3.93. The van der Waals surface area contributed by atoms with E-state index in [9.17, 15) is 0 Å². The highest BCUT2D eigenvalue weighted by molar-refractivity contribution is 14.1. The van der Waals surface area contributed by atoms with Crippen molar-refractivity contribution >= 4 is 28.3 Å². The first-order valence-electron chi connectivity index (χ1n) is 6.47. The second kappa shape index (κ2) is 7.40. The Labute approximate surface area is 138 Å². The van der Waals surface area contributed by atoms with Crippen LogP contribution in [0.25, 0.3) is 0 Å². The van der Waals surface area contributed by atoms with Crippen LogP contribution in [-0.4, -0.2) is 21.3 Å². The van der Waals surface area contributed by atoms with Gasteiger partial charge in [-0.05, 0) is 40.8 Å². The lowest BCUT2D eigenvalue weighted by atomic mass is 10.1. The summed E-state index contributed by atoms with van der Waals surface area (Å²) in [5.41, 5.74) is 2.10. The molecule has 0 spiro atoms. The summed E-state index contributed by atoms with van der Waals surface area (Å²) in [5, 5.41) is 3.41. The minimum absolute atomic E-state index is 0.642. The fraction of sp³-hybridized carbons (Fsp3) is 0.250. The molecular weight excluding hydrogens is 381 g/mol. The molecule has 0 aliphatic rings. The third-order valence-corrected chi connectivity index (χ3v) is 4.07. The molecule has 0 aromatic heterocycles. The summed E-state index contributed by atoms with van der Waals surface area (Å²) in [4.78, 5) is 0. The molecule has 0 saturated carbocycles. The third-order valence-electron chi connectivity index (χ3n) is 3.13. The van der Waals surface area contributed by atoms with Crippen LogP contribution < -0.4 is 19.5 Å². The highest BCUT2D eigenvalue weighted by Gasteiger charge is 2.12. The highest BCUT2D eigenvalue weighted by Crippen LogP contribution is 2.35. The number of hydrogen-bond acceptors (Lipinski definition) is 4. The van der Waals surface area contributed by atoms with E-state index in [0.29, 0.717) is 18.0 Å². The number of ether oxygens (including phenoxy) is 3. The van der Waals surface area contributed by atoms with E-state index in [1.165, 1.54) is 3.57 Å². The van der Waals surface area contributed by atoms with Crippen LogP contribution in [0.5, 0.6) is 17.2 Å².